The fraction of sp³-hybridized carbons (Fsp3) is 0.190. The van der Waals surface area contributed by atoms with Crippen LogP contribution in [0.25, 0.3) is 21.8 Å². The number of nitrogens with one attached hydrogen (secondary N) is 3. The van der Waals surface area contributed by atoms with E-state index in [9.17, 15) is 15.0 Å². The average Bonchev–Trinajstić information content (AvgIpc) is 3.19. The number of phenols is 2. The van der Waals surface area contributed by atoms with Gasteiger partial charge in [-0.1, -0.05) is 0 Å². The molecule has 0 spiro atoms. The second-order valence-corrected chi connectivity index (χ2v) is 6.94. The molecule has 5 N–H and O–H groups in total. The Kier molecular flexibility index (Phi) is 4.24. The number of hydrogen-bond acceptors (Lipinski definition) is 3. The number of hydrogen-bond donors (Lipinski definition) is 5. The zero-order valence-electron chi connectivity index (χ0n) is 14.9. The number of carbonyl (C=O) groups excluding carboxylic acids is 1. The normalized spacial score (nSPS) is 12.5. The Labute approximate surface area is 155 Å². The fourth-order valence-electron chi connectivity index (χ4n) is 3.53. The van der Waals surface area contributed by atoms with Gasteiger partial charge < -0.3 is 25.5 Å². The van der Waals surface area contributed by atoms with Crippen LogP contribution in [0.4, 0.5) is 0 Å². The quantitative estimate of drug-likeness (QED) is 0.376. The van der Waals surface area contributed by atoms with Crippen molar-refractivity contribution in [2.75, 3.05) is 0 Å². The van der Waals surface area contributed by atoms with Crippen LogP contribution < -0.4 is 5.32 Å². The second kappa shape index (κ2) is 6.72. The minimum Gasteiger partial charge on any atom is -0.508 e. The summed E-state index contributed by atoms with van der Waals surface area (Å²) in [6.07, 6.45) is 4.61. The van der Waals surface area contributed by atoms with Crippen molar-refractivity contribution in [3.63, 3.8) is 0 Å². The molecular weight excluding hydrogens is 342 g/mol. The molecule has 0 saturated heterocycles. The van der Waals surface area contributed by atoms with Crippen LogP contribution in [0.5, 0.6) is 11.5 Å². The summed E-state index contributed by atoms with van der Waals surface area (Å²) in [4.78, 5) is 18.8. The molecule has 4 rings (SSSR count). The van der Waals surface area contributed by atoms with E-state index in [-0.39, 0.29) is 29.9 Å². The van der Waals surface area contributed by atoms with Gasteiger partial charge >= 0.3 is 0 Å². The Bertz CT molecular complexity index is 1130. The van der Waals surface area contributed by atoms with E-state index in [1.807, 2.05) is 19.2 Å². The molecule has 0 aliphatic rings. The number of amides is 1. The lowest BCUT2D eigenvalue weighted by Gasteiger charge is -2.13. The molecule has 1 amide bonds. The van der Waals surface area contributed by atoms with Crippen molar-refractivity contribution >= 4 is 27.7 Å². The van der Waals surface area contributed by atoms with Crippen molar-refractivity contribution in [1.82, 2.24) is 15.3 Å². The predicted octanol–water partition coefficient (Wildman–Crippen LogP) is 3.35. The third-order valence-electron chi connectivity index (χ3n) is 4.79. The lowest BCUT2D eigenvalue weighted by Crippen LogP contribution is -2.35. The van der Waals surface area contributed by atoms with E-state index in [4.69, 9.17) is 0 Å². The van der Waals surface area contributed by atoms with E-state index < -0.39 is 0 Å². The lowest BCUT2D eigenvalue weighted by molar-refractivity contribution is -0.121. The molecule has 6 heteroatoms. The van der Waals surface area contributed by atoms with Gasteiger partial charge in [0.05, 0.1) is 6.42 Å². The highest BCUT2D eigenvalue weighted by Crippen LogP contribution is 2.25. The van der Waals surface area contributed by atoms with Crippen LogP contribution in [0, 0.1) is 0 Å². The Balaban J connectivity index is 1.44. The summed E-state index contributed by atoms with van der Waals surface area (Å²) in [7, 11) is 0. The standard InChI is InChI=1S/C21H21N3O3/c1-12(6-13-10-22-19-4-2-15(25)8-17(13)19)24-21(27)7-14-11-23-20-5-3-16(26)9-18(14)20/h2-5,8-12,22-23,25-26H,6-7H2,1H3,(H,24,27). The highest BCUT2D eigenvalue weighted by Gasteiger charge is 2.14. The highest BCUT2D eigenvalue weighted by molar-refractivity contribution is 5.90. The highest BCUT2D eigenvalue weighted by atomic mass is 16.3. The van der Waals surface area contributed by atoms with Crippen molar-refractivity contribution in [3.05, 3.63) is 59.9 Å². The average molecular weight is 363 g/mol. The fourth-order valence-corrected chi connectivity index (χ4v) is 3.53. The van der Waals surface area contributed by atoms with Crippen molar-refractivity contribution < 1.29 is 15.0 Å². The minimum absolute atomic E-state index is 0.0579. The van der Waals surface area contributed by atoms with Gasteiger partial charge in [0.25, 0.3) is 0 Å². The number of aromatic nitrogens is 2. The first-order valence-corrected chi connectivity index (χ1v) is 8.87. The third-order valence-corrected chi connectivity index (χ3v) is 4.79. The molecule has 6 nitrogen and oxygen atoms in total. The monoisotopic (exact) mass is 363 g/mol. The Morgan fingerprint density at radius 1 is 0.963 bits per heavy atom. The molecule has 0 saturated carbocycles. The molecule has 1 atom stereocenters. The van der Waals surface area contributed by atoms with Gasteiger partial charge in [-0.15, -0.1) is 0 Å². The number of aromatic hydroxyl groups is 2. The molecule has 0 bridgehead atoms. The van der Waals surface area contributed by atoms with Gasteiger partial charge in [0.2, 0.25) is 5.91 Å². The molecule has 4 aromatic rings. The molecule has 0 radical (unpaired) electrons. The Morgan fingerprint density at radius 3 is 2.15 bits per heavy atom. The van der Waals surface area contributed by atoms with Gasteiger partial charge in [0.15, 0.2) is 0 Å². The number of fused-ring (bicyclic) bond motifs is 2. The van der Waals surface area contributed by atoms with Gasteiger partial charge in [-0.2, -0.15) is 0 Å². The minimum atomic E-state index is -0.0746. The largest absolute Gasteiger partial charge is 0.508 e. The van der Waals surface area contributed by atoms with Crippen LogP contribution in [-0.4, -0.2) is 32.1 Å². The predicted molar refractivity (Wildman–Crippen MR) is 105 cm³/mol. The topological polar surface area (TPSA) is 101 Å². The van der Waals surface area contributed by atoms with Crippen LogP contribution in [0.15, 0.2) is 48.8 Å². The number of rotatable bonds is 5. The second-order valence-electron chi connectivity index (χ2n) is 6.94. The van der Waals surface area contributed by atoms with Crippen LogP contribution in [-0.2, 0) is 17.6 Å². The summed E-state index contributed by atoms with van der Waals surface area (Å²) in [6.45, 7) is 1.96. The maximum Gasteiger partial charge on any atom is 0.224 e. The number of carbonyl (C=O) groups is 1. The summed E-state index contributed by atoms with van der Waals surface area (Å²) in [5.74, 6) is 0.330. The zero-order valence-corrected chi connectivity index (χ0v) is 14.9. The number of benzene rings is 2. The molecule has 1 unspecified atom stereocenters. The Hall–Kier alpha value is -3.41. The molecule has 2 heterocycles. The number of phenolic OH excluding ortho intramolecular Hbond substituents is 2. The smallest absolute Gasteiger partial charge is 0.224 e. The maximum absolute atomic E-state index is 12.5. The molecule has 2 aromatic carbocycles. The lowest BCUT2D eigenvalue weighted by atomic mass is 10.1. The molecule has 0 aliphatic carbocycles. The van der Waals surface area contributed by atoms with Gasteiger partial charge in [0, 0.05) is 40.2 Å². The molecule has 0 fully saturated rings. The van der Waals surface area contributed by atoms with Gasteiger partial charge in [-0.05, 0) is 60.9 Å². The summed E-state index contributed by atoms with van der Waals surface area (Å²) >= 11 is 0. The first kappa shape index (κ1) is 17.0. The summed E-state index contributed by atoms with van der Waals surface area (Å²) in [5.41, 5.74) is 3.75. The molecular formula is C21H21N3O3. The summed E-state index contributed by atoms with van der Waals surface area (Å²) in [6, 6.07) is 10.2. The van der Waals surface area contributed by atoms with Crippen molar-refractivity contribution in [2.24, 2.45) is 0 Å². The first-order chi connectivity index (χ1) is 13.0. The summed E-state index contributed by atoms with van der Waals surface area (Å²) < 4.78 is 0. The molecule has 27 heavy (non-hydrogen) atoms. The van der Waals surface area contributed by atoms with Crippen molar-refractivity contribution in [2.45, 2.75) is 25.8 Å². The van der Waals surface area contributed by atoms with E-state index >= 15 is 0 Å². The van der Waals surface area contributed by atoms with E-state index in [2.05, 4.69) is 15.3 Å². The number of H-pyrrole nitrogens is 2. The van der Waals surface area contributed by atoms with Crippen molar-refractivity contribution in [3.8, 4) is 11.5 Å². The van der Waals surface area contributed by atoms with Gasteiger partial charge in [-0.3, -0.25) is 4.79 Å². The maximum atomic E-state index is 12.5. The van der Waals surface area contributed by atoms with E-state index in [1.54, 1.807) is 36.5 Å². The van der Waals surface area contributed by atoms with Crippen LogP contribution in [0.2, 0.25) is 0 Å². The molecule has 2 aromatic heterocycles. The first-order valence-electron chi connectivity index (χ1n) is 8.87. The van der Waals surface area contributed by atoms with Crippen LogP contribution in [0.3, 0.4) is 0 Å². The molecule has 138 valence electrons. The van der Waals surface area contributed by atoms with E-state index in [0.717, 1.165) is 32.9 Å². The van der Waals surface area contributed by atoms with Gasteiger partial charge in [0.1, 0.15) is 11.5 Å². The van der Waals surface area contributed by atoms with E-state index in [0.29, 0.717) is 6.42 Å². The van der Waals surface area contributed by atoms with E-state index in [1.165, 1.54) is 0 Å². The Morgan fingerprint density at radius 2 is 1.52 bits per heavy atom. The molecule has 0 aliphatic heterocycles. The van der Waals surface area contributed by atoms with Crippen LogP contribution in [0.1, 0.15) is 18.1 Å². The van der Waals surface area contributed by atoms with Crippen molar-refractivity contribution in [1.29, 1.82) is 0 Å². The zero-order chi connectivity index (χ0) is 19.0. The number of aromatic amines is 2. The SMILES string of the molecule is CC(Cc1c[nH]c2ccc(O)cc12)NC(=O)Cc1c[nH]c2ccc(O)cc12. The van der Waals surface area contributed by atoms with Gasteiger partial charge in [-0.25, -0.2) is 0 Å². The third kappa shape index (κ3) is 3.46. The summed E-state index contributed by atoms with van der Waals surface area (Å²) in [5, 5.41) is 24.2. The van der Waals surface area contributed by atoms with Crippen LogP contribution >= 0.6 is 0 Å².